The third kappa shape index (κ3) is 7.66. The molecule has 1 atom stereocenters. The van der Waals surface area contributed by atoms with E-state index in [2.05, 4.69) is 115 Å². The van der Waals surface area contributed by atoms with Crippen molar-refractivity contribution in [3.63, 3.8) is 0 Å². The van der Waals surface area contributed by atoms with Gasteiger partial charge in [-0.15, -0.1) is 0 Å². The molecule has 3 heterocycles. The second-order valence-corrected chi connectivity index (χ2v) is 26.1. The lowest BCUT2D eigenvalue weighted by Gasteiger charge is -2.39. The minimum absolute atomic E-state index is 0.0927. The first-order valence-corrected chi connectivity index (χ1v) is 24.7. The van der Waals surface area contributed by atoms with E-state index in [0.717, 1.165) is 40.5 Å². The van der Waals surface area contributed by atoms with Crippen molar-refractivity contribution in [2.75, 3.05) is 0 Å². The molecule has 0 saturated heterocycles. The Morgan fingerprint density at radius 1 is 0.896 bits per heavy atom. The number of hydrogen-bond donors (Lipinski definition) is 0. The van der Waals surface area contributed by atoms with E-state index in [0.29, 0.717) is 6.54 Å². The highest BCUT2D eigenvalue weighted by Gasteiger charge is 2.42. The number of fused-ring (bicyclic) bond motifs is 4. The van der Waals surface area contributed by atoms with Crippen LogP contribution in [0, 0.1) is 13.8 Å². The lowest BCUT2D eigenvalue weighted by atomic mass is 9.97. The Morgan fingerprint density at radius 3 is 2.23 bits per heavy atom. The number of aromatic nitrogens is 2. The molecule has 48 heavy (non-hydrogen) atoms. The van der Waals surface area contributed by atoms with Crippen molar-refractivity contribution in [3.8, 4) is 11.4 Å². The van der Waals surface area contributed by atoms with Gasteiger partial charge in [-0.25, -0.2) is 4.98 Å². The van der Waals surface area contributed by atoms with Crippen LogP contribution in [0.3, 0.4) is 0 Å². The zero-order valence-corrected chi connectivity index (χ0v) is 33.6. The highest BCUT2D eigenvalue weighted by atomic mass is 28.4. The van der Waals surface area contributed by atoms with Crippen molar-refractivity contribution in [2.24, 2.45) is 0 Å². The number of rotatable bonds is 14. The highest BCUT2D eigenvalue weighted by Crippen LogP contribution is 2.42. The molecule has 2 aromatic heterocycles. The summed E-state index contributed by atoms with van der Waals surface area (Å²) < 4.78 is 9.24. The molecule has 0 saturated carbocycles. The predicted octanol–water partition coefficient (Wildman–Crippen LogP) is 11.0. The van der Waals surface area contributed by atoms with E-state index in [1.54, 1.807) is 0 Å². The average Bonchev–Trinajstić information content (AvgIpc) is 3.38. The molecule has 5 rings (SSSR count). The molecule has 0 aliphatic carbocycles. The summed E-state index contributed by atoms with van der Waals surface area (Å²) in [5.74, 6) is 0. The van der Waals surface area contributed by atoms with E-state index in [9.17, 15) is 4.79 Å². The fourth-order valence-electron chi connectivity index (χ4n) is 7.48. The van der Waals surface area contributed by atoms with E-state index < -0.39 is 16.4 Å². The molecule has 0 fully saturated rings. The van der Waals surface area contributed by atoms with Gasteiger partial charge < -0.3 is 8.99 Å². The Morgan fingerprint density at radius 2 is 1.56 bits per heavy atom. The summed E-state index contributed by atoms with van der Waals surface area (Å²) >= 11 is 0. The van der Waals surface area contributed by atoms with Crippen LogP contribution in [-0.4, -0.2) is 25.9 Å². The minimum Gasteiger partial charge on any atom is -0.410 e. The predicted molar refractivity (Wildman–Crippen MR) is 211 cm³/mol. The molecular formula is C42H60N2O2Si2. The van der Waals surface area contributed by atoms with Gasteiger partial charge in [-0.3, -0.25) is 4.79 Å². The van der Waals surface area contributed by atoms with Gasteiger partial charge in [0.2, 0.25) is 0 Å². The fourth-order valence-corrected chi connectivity index (χ4v) is 12.3. The minimum atomic E-state index is -2.03. The molecule has 1 aliphatic rings. The van der Waals surface area contributed by atoms with E-state index in [4.69, 9.17) is 9.41 Å². The van der Waals surface area contributed by atoms with Crippen molar-refractivity contribution in [3.05, 3.63) is 92.8 Å². The molecule has 0 N–H and O–H groups in total. The molecule has 1 unspecified atom stereocenters. The molecule has 4 nitrogen and oxygen atoms in total. The van der Waals surface area contributed by atoms with Crippen LogP contribution in [0.5, 0.6) is 0 Å². The molecule has 0 spiro atoms. The number of aryl methyl sites for hydroxylation is 1. The summed E-state index contributed by atoms with van der Waals surface area (Å²) in [6.45, 7) is 23.9. The second kappa shape index (κ2) is 14.6. The highest BCUT2D eigenvalue weighted by molar-refractivity contribution is 6.94. The summed E-state index contributed by atoms with van der Waals surface area (Å²) in [6, 6.07) is 20.7. The summed E-state index contributed by atoms with van der Waals surface area (Å²) in [5.41, 5.74) is 8.64. The van der Waals surface area contributed by atoms with E-state index in [1.165, 1.54) is 72.2 Å². The first kappa shape index (κ1) is 36.5. The van der Waals surface area contributed by atoms with Gasteiger partial charge >= 0.3 is 0 Å². The second-order valence-electron chi connectivity index (χ2n) is 16.6. The number of nitrogens with zero attached hydrogens (tertiary/aromatic N) is 2. The Balaban J connectivity index is 1.58. The van der Waals surface area contributed by atoms with Gasteiger partial charge in [0.25, 0.3) is 5.56 Å². The van der Waals surface area contributed by atoms with Crippen LogP contribution in [0.4, 0.5) is 0 Å². The van der Waals surface area contributed by atoms with E-state index in [-0.39, 0.29) is 16.7 Å². The van der Waals surface area contributed by atoms with Crippen LogP contribution in [-0.2, 0) is 17.4 Å². The SMILES string of the molecule is CCCCCCCCC[Si](C)(C)OC(Cc1ccccc1)c1cc2n(c(=O)c1C)Cc1c-2nc2ccc(C)cc2c1[Si](C)(C)C(C)(C)C. The van der Waals surface area contributed by atoms with Crippen LogP contribution in [0.15, 0.2) is 59.4 Å². The lowest BCUT2D eigenvalue weighted by Crippen LogP contribution is -2.51. The van der Waals surface area contributed by atoms with Crippen molar-refractivity contribution >= 4 is 32.5 Å². The zero-order chi connectivity index (χ0) is 34.9. The fraction of sp³-hybridized carbons (Fsp3) is 0.524. The maximum Gasteiger partial charge on any atom is 0.254 e. The first-order valence-electron chi connectivity index (χ1n) is 18.5. The van der Waals surface area contributed by atoms with Crippen molar-refractivity contribution in [1.82, 2.24) is 9.55 Å². The first-order chi connectivity index (χ1) is 22.6. The Labute approximate surface area is 292 Å². The molecule has 0 bridgehead atoms. The van der Waals surface area contributed by atoms with Gasteiger partial charge in [0, 0.05) is 17.4 Å². The van der Waals surface area contributed by atoms with Crippen molar-refractivity contribution in [1.29, 1.82) is 0 Å². The van der Waals surface area contributed by atoms with Gasteiger partial charge in [0.1, 0.15) is 0 Å². The summed E-state index contributed by atoms with van der Waals surface area (Å²) in [6.07, 6.45) is 9.71. The molecule has 0 amide bonds. The third-order valence-electron chi connectivity index (χ3n) is 11.3. The number of pyridine rings is 2. The largest absolute Gasteiger partial charge is 0.410 e. The summed E-state index contributed by atoms with van der Waals surface area (Å²) in [4.78, 5) is 19.7. The van der Waals surface area contributed by atoms with Crippen molar-refractivity contribution < 1.29 is 4.43 Å². The molecule has 6 heteroatoms. The smallest absolute Gasteiger partial charge is 0.254 e. The van der Waals surface area contributed by atoms with Gasteiger partial charge in [-0.2, -0.15) is 0 Å². The summed E-state index contributed by atoms with van der Waals surface area (Å²) in [7, 11) is -4.05. The van der Waals surface area contributed by atoms with E-state index in [1.807, 2.05) is 11.5 Å². The van der Waals surface area contributed by atoms with E-state index >= 15 is 0 Å². The van der Waals surface area contributed by atoms with Crippen molar-refractivity contribution in [2.45, 2.75) is 143 Å². The monoisotopic (exact) mass is 680 g/mol. The maximum atomic E-state index is 14.4. The Bertz CT molecular complexity index is 1800. The van der Waals surface area contributed by atoms with Gasteiger partial charge in [-0.1, -0.05) is 128 Å². The molecule has 2 aromatic carbocycles. The van der Waals surface area contributed by atoms with Gasteiger partial charge in [0.15, 0.2) is 8.32 Å². The molecular weight excluding hydrogens is 621 g/mol. The van der Waals surface area contributed by atoms with Gasteiger partial charge in [0.05, 0.1) is 37.6 Å². The Kier molecular flexibility index (Phi) is 11.1. The lowest BCUT2D eigenvalue weighted by molar-refractivity contribution is 0.193. The van der Waals surface area contributed by atoms with Crippen LogP contribution in [0.25, 0.3) is 22.3 Å². The normalized spacial score (nSPS) is 14.0. The Hall–Kier alpha value is -2.81. The average molecular weight is 681 g/mol. The van der Waals surface area contributed by atoms with Crippen LogP contribution in [0.2, 0.25) is 37.3 Å². The quantitative estimate of drug-likeness (QED) is 0.0866. The van der Waals surface area contributed by atoms with Crippen LogP contribution >= 0.6 is 0 Å². The third-order valence-corrected chi connectivity index (χ3v) is 19.4. The number of hydrogen-bond acceptors (Lipinski definition) is 3. The maximum absolute atomic E-state index is 14.4. The number of benzene rings is 2. The van der Waals surface area contributed by atoms with Crippen LogP contribution < -0.4 is 10.7 Å². The topological polar surface area (TPSA) is 44.1 Å². The molecule has 258 valence electrons. The number of unbranched alkanes of at least 4 members (excludes halogenated alkanes) is 6. The molecule has 1 aliphatic heterocycles. The van der Waals surface area contributed by atoms with Gasteiger partial charge in [-0.05, 0) is 78.1 Å². The van der Waals surface area contributed by atoms with Crippen LogP contribution in [0.1, 0.15) is 107 Å². The molecule has 4 aromatic rings. The standard InChI is InChI=1S/C42H60N2O2Si2/c1-11-12-13-14-15-16-20-25-47(7,8)46-38(27-32-21-18-17-19-22-32)33-28-37-39-35(29-44(37)41(45)31(33)3)40(48(9,10)42(4,5)6)34-26-30(2)23-24-36(34)43-39/h17-19,21-24,26,28,38H,11-16,20,25,27,29H2,1-10H3. The zero-order valence-electron chi connectivity index (χ0n) is 31.6. The summed E-state index contributed by atoms with van der Waals surface area (Å²) in [5, 5.41) is 2.86. The molecule has 0 radical (unpaired) electrons.